The number of hydrogen-bond donors (Lipinski definition) is 0. The smallest absolute Gasteiger partial charge is 0.273 e. The summed E-state index contributed by atoms with van der Waals surface area (Å²) in [7, 11) is 1.71. The molecular weight excluding hydrogens is 455 g/mol. The van der Waals surface area contributed by atoms with Crippen molar-refractivity contribution in [3.8, 4) is 16.3 Å². The standard InChI is InChI=1S/C23H18Cl2N2O3S/c1-27(12-17-6-4-10-29-17)23(28)21-14-31-22(26-21)18-9-8-16(11-20(18)25)30-13-15-5-2-3-7-19(15)24/h2-11,14H,12-13H2,1H3. The Labute approximate surface area is 193 Å². The van der Waals surface area contributed by atoms with Gasteiger partial charge < -0.3 is 14.1 Å². The van der Waals surface area contributed by atoms with Crippen molar-refractivity contribution in [3.05, 3.63) is 93.3 Å². The lowest BCUT2D eigenvalue weighted by Gasteiger charge is -2.13. The molecule has 0 aliphatic rings. The van der Waals surface area contributed by atoms with Crippen molar-refractivity contribution in [2.45, 2.75) is 13.2 Å². The highest BCUT2D eigenvalue weighted by Gasteiger charge is 2.18. The Kier molecular flexibility index (Phi) is 6.61. The maximum Gasteiger partial charge on any atom is 0.273 e. The van der Waals surface area contributed by atoms with E-state index >= 15 is 0 Å². The minimum atomic E-state index is -0.185. The fraction of sp³-hybridized carbons (Fsp3) is 0.130. The Morgan fingerprint density at radius 1 is 1.13 bits per heavy atom. The highest BCUT2D eigenvalue weighted by Crippen LogP contribution is 2.34. The van der Waals surface area contributed by atoms with Gasteiger partial charge in [-0.25, -0.2) is 4.98 Å². The average molecular weight is 473 g/mol. The van der Waals surface area contributed by atoms with Gasteiger partial charge in [0.1, 0.15) is 28.8 Å². The highest BCUT2D eigenvalue weighted by atomic mass is 35.5. The summed E-state index contributed by atoms with van der Waals surface area (Å²) >= 11 is 14.0. The Bertz CT molecular complexity index is 1190. The van der Waals surface area contributed by atoms with Crippen LogP contribution in [-0.2, 0) is 13.2 Å². The number of hydrogen-bond acceptors (Lipinski definition) is 5. The van der Waals surface area contributed by atoms with E-state index in [1.807, 2.05) is 42.5 Å². The summed E-state index contributed by atoms with van der Waals surface area (Å²) in [4.78, 5) is 18.7. The first kappa shape index (κ1) is 21.4. The van der Waals surface area contributed by atoms with E-state index in [2.05, 4.69) is 4.98 Å². The van der Waals surface area contributed by atoms with Crippen molar-refractivity contribution in [3.63, 3.8) is 0 Å². The molecule has 2 heterocycles. The monoisotopic (exact) mass is 472 g/mol. The first-order chi connectivity index (χ1) is 15.0. The molecule has 2 aromatic carbocycles. The molecule has 0 bridgehead atoms. The lowest BCUT2D eigenvalue weighted by atomic mass is 10.2. The van der Waals surface area contributed by atoms with Crippen LogP contribution in [0.5, 0.6) is 5.75 Å². The van der Waals surface area contributed by atoms with Crippen LogP contribution < -0.4 is 4.74 Å². The van der Waals surface area contributed by atoms with E-state index in [1.165, 1.54) is 11.3 Å². The first-order valence-corrected chi connectivity index (χ1v) is 11.0. The first-order valence-electron chi connectivity index (χ1n) is 9.41. The number of furan rings is 1. The molecule has 0 aliphatic carbocycles. The van der Waals surface area contributed by atoms with Crippen molar-refractivity contribution in [1.82, 2.24) is 9.88 Å². The quantitative estimate of drug-likeness (QED) is 0.305. The molecule has 0 saturated carbocycles. The van der Waals surface area contributed by atoms with E-state index < -0.39 is 0 Å². The van der Waals surface area contributed by atoms with Crippen molar-refractivity contribution < 1.29 is 13.9 Å². The minimum absolute atomic E-state index is 0.185. The van der Waals surface area contributed by atoms with Crippen LogP contribution in [0.15, 0.2) is 70.7 Å². The van der Waals surface area contributed by atoms with Gasteiger partial charge >= 0.3 is 0 Å². The van der Waals surface area contributed by atoms with Crippen LogP contribution in [0, 0.1) is 0 Å². The van der Waals surface area contributed by atoms with Gasteiger partial charge in [0.15, 0.2) is 0 Å². The SMILES string of the molecule is CN(Cc1ccco1)C(=O)c1csc(-c2ccc(OCc3ccccc3Cl)cc2Cl)n1. The molecule has 8 heteroatoms. The van der Waals surface area contributed by atoms with Gasteiger partial charge in [0, 0.05) is 28.6 Å². The van der Waals surface area contributed by atoms with Crippen LogP contribution in [0.3, 0.4) is 0 Å². The number of carbonyl (C=O) groups is 1. The zero-order valence-electron chi connectivity index (χ0n) is 16.5. The third-order valence-electron chi connectivity index (χ3n) is 4.57. The molecule has 2 aromatic heterocycles. The van der Waals surface area contributed by atoms with Gasteiger partial charge in [-0.3, -0.25) is 4.79 Å². The second-order valence-corrected chi connectivity index (χ2v) is 8.47. The largest absolute Gasteiger partial charge is 0.489 e. The molecule has 158 valence electrons. The Morgan fingerprint density at radius 3 is 2.71 bits per heavy atom. The van der Waals surface area contributed by atoms with Gasteiger partial charge in [0.2, 0.25) is 0 Å². The molecule has 1 amide bonds. The molecule has 4 aromatic rings. The van der Waals surface area contributed by atoms with Gasteiger partial charge in [-0.15, -0.1) is 11.3 Å². The van der Waals surface area contributed by atoms with E-state index in [0.29, 0.717) is 45.4 Å². The van der Waals surface area contributed by atoms with Crippen LogP contribution in [0.2, 0.25) is 10.0 Å². The molecule has 0 N–H and O–H groups in total. The lowest BCUT2D eigenvalue weighted by Crippen LogP contribution is -2.26. The molecule has 31 heavy (non-hydrogen) atoms. The molecule has 0 atom stereocenters. The Hall–Kier alpha value is -2.80. The normalized spacial score (nSPS) is 10.8. The second-order valence-electron chi connectivity index (χ2n) is 6.80. The molecular formula is C23H18Cl2N2O3S. The maximum absolute atomic E-state index is 12.7. The van der Waals surface area contributed by atoms with Crippen molar-refractivity contribution in [1.29, 1.82) is 0 Å². The zero-order chi connectivity index (χ0) is 21.8. The summed E-state index contributed by atoms with van der Waals surface area (Å²) in [5.41, 5.74) is 2.00. The number of benzene rings is 2. The predicted molar refractivity (Wildman–Crippen MR) is 123 cm³/mol. The molecule has 5 nitrogen and oxygen atoms in total. The Morgan fingerprint density at radius 2 is 1.97 bits per heavy atom. The second kappa shape index (κ2) is 9.56. The van der Waals surface area contributed by atoms with Crippen LogP contribution in [0.1, 0.15) is 21.8 Å². The fourth-order valence-corrected chi connectivity index (χ4v) is 4.27. The lowest BCUT2D eigenvalue weighted by molar-refractivity contribution is 0.0770. The predicted octanol–water partition coefficient (Wildman–Crippen LogP) is 6.56. The van der Waals surface area contributed by atoms with Crippen LogP contribution in [0.25, 0.3) is 10.6 Å². The summed E-state index contributed by atoms with van der Waals surface area (Å²) in [6, 6.07) is 16.5. The third-order valence-corrected chi connectivity index (χ3v) is 6.12. The van der Waals surface area contributed by atoms with Crippen molar-refractivity contribution in [2.24, 2.45) is 0 Å². The molecule has 4 rings (SSSR count). The van der Waals surface area contributed by atoms with Crippen LogP contribution >= 0.6 is 34.5 Å². The molecule has 0 unspecified atom stereocenters. The third kappa shape index (κ3) is 5.10. The van der Waals surface area contributed by atoms with Gasteiger partial charge in [-0.2, -0.15) is 0 Å². The number of thiazole rings is 1. The average Bonchev–Trinajstić information content (AvgIpc) is 3.45. The van der Waals surface area contributed by atoms with Crippen LogP contribution in [0.4, 0.5) is 0 Å². The van der Waals surface area contributed by atoms with E-state index in [1.54, 1.807) is 35.7 Å². The summed E-state index contributed by atoms with van der Waals surface area (Å²) in [6.07, 6.45) is 1.58. The van der Waals surface area contributed by atoms with Gasteiger partial charge in [-0.1, -0.05) is 41.4 Å². The number of amides is 1. The molecule has 0 fully saturated rings. The van der Waals surface area contributed by atoms with E-state index in [4.69, 9.17) is 32.4 Å². The minimum Gasteiger partial charge on any atom is -0.489 e. The van der Waals surface area contributed by atoms with Crippen molar-refractivity contribution in [2.75, 3.05) is 7.05 Å². The summed E-state index contributed by atoms with van der Waals surface area (Å²) in [5, 5.41) is 3.54. The molecule has 0 saturated heterocycles. The Balaban J connectivity index is 1.44. The number of halogens is 2. The van der Waals surface area contributed by atoms with E-state index in [0.717, 1.165) is 11.1 Å². The van der Waals surface area contributed by atoms with E-state index in [-0.39, 0.29) is 5.91 Å². The van der Waals surface area contributed by atoms with Gasteiger partial charge in [0.25, 0.3) is 5.91 Å². The topological polar surface area (TPSA) is 55.6 Å². The van der Waals surface area contributed by atoms with Gasteiger partial charge in [-0.05, 0) is 36.4 Å². The molecule has 0 spiro atoms. The number of aromatic nitrogens is 1. The zero-order valence-corrected chi connectivity index (χ0v) is 18.9. The summed E-state index contributed by atoms with van der Waals surface area (Å²) in [5.74, 6) is 1.15. The number of nitrogens with zero attached hydrogens (tertiary/aromatic N) is 2. The highest BCUT2D eigenvalue weighted by molar-refractivity contribution is 7.13. The fourth-order valence-electron chi connectivity index (χ4n) is 2.93. The van der Waals surface area contributed by atoms with E-state index in [9.17, 15) is 4.79 Å². The number of carbonyl (C=O) groups excluding carboxylic acids is 1. The van der Waals surface area contributed by atoms with Crippen LogP contribution in [-0.4, -0.2) is 22.8 Å². The summed E-state index contributed by atoms with van der Waals surface area (Å²) in [6.45, 7) is 0.712. The van der Waals surface area contributed by atoms with Crippen molar-refractivity contribution >= 4 is 40.4 Å². The summed E-state index contributed by atoms with van der Waals surface area (Å²) < 4.78 is 11.1. The van der Waals surface area contributed by atoms with Gasteiger partial charge in [0.05, 0.1) is 17.8 Å². The number of rotatable bonds is 7. The molecule has 0 radical (unpaired) electrons. The number of ether oxygens (including phenoxy) is 1. The maximum atomic E-state index is 12.7. The molecule has 0 aliphatic heterocycles.